The second kappa shape index (κ2) is 12.6. The maximum Gasteiger partial charge on any atom is 0.419 e. The van der Waals surface area contributed by atoms with Crippen LogP contribution in [0.1, 0.15) is 50.5 Å². The van der Waals surface area contributed by atoms with E-state index in [4.69, 9.17) is 14.2 Å². The molecule has 3 rings (SSSR count). The van der Waals surface area contributed by atoms with Crippen LogP contribution >= 0.6 is 0 Å². The number of carbonyl (C=O) groups is 3. The lowest BCUT2D eigenvalue weighted by Gasteiger charge is -2.24. The maximum absolute atomic E-state index is 13.2. The summed E-state index contributed by atoms with van der Waals surface area (Å²) >= 11 is 0. The SMILES string of the molecule is COCCOc1cccc(C(=O)CN(C(=O)/C=C/c2cn(C(=O)OC(C)(C)C)c3ccccc23)C(C)C)c1. The van der Waals surface area contributed by atoms with Crippen LogP contribution in [0.15, 0.2) is 60.8 Å². The van der Waals surface area contributed by atoms with Gasteiger partial charge in [-0.05, 0) is 58.9 Å². The third-order valence-corrected chi connectivity index (χ3v) is 5.67. The Hall–Kier alpha value is -3.91. The van der Waals surface area contributed by atoms with Crippen molar-refractivity contribution < 1.29 is 28.6 Å². The highest BCUT2D eigenvalue weighted by atomic mass is 16.6. The predicted molar refractivity (Wildman–Crippen MR) is 148 cm³/mol. The van der Waals surface area contributed by atoms with E-state index in [0.717, 1.165) is 5.39 Å². The fraction of sp³-hybridized carbons (Fsp3) is 0.367. The van der Waals surface area contributed by atoms with Gasteiger partial charge in [0, 0.05) is 41.9 Å². The molecule has 0 spiro atoms. The first kappa shape index (κ1) is 28.7. The maximum atomic E-state index is 13.2. The number of nitrogens with zero attached hydrogens (tertiary/aromatic N) is 2. The molecule has 0 aliphatic heterocycles. The van der Waals surface area contributed by atoms with E-state index in [2.05, 4.69) is 0 Å². The second-order valence-electron chi connectivity index (χ2n) is 10.1. The van der Waals surface area contributed by atoms with Gasteiger partial charge in [-0.2, -0.15) is 0 Å². The molecular weight excluding hydrogens is 484 g/mol. The van der Waals surface area contributed by atoms with E-state index in [0.29, 0.717) is 35.6 Å². The van der Waals surface area contributed by atoms with Crippen LogP contribution in [-0.2, 0) is 14.3 Å². The molecule has 1 aromatic heterocycles. The predicted octanol–water partition coefficient (Wildman–Crippen LogP) is 5.58. The number of aromatic nitrogens is 1. The number of ketones is 1. The van der Waals surface area contributed by atoms with Crippen molar-refractivity contribution in [1.82, 2.24) is 9.47 Å². The molecule has 0 bridgehead atoms. The van der Waals surface area contributed by atoms with E-state index in [1.807, 2.05) is 58.9 Å². The molecule has 0 saturated heterocycles. The van der Waals surface area contributed by atoms with Crippen molar-refractivity contribution in [2.45, 2.75) is 46.3 Å². The first-order chi connectivity index (χ1) is 18.0. The number of amides is 1. The Morgan fingerprint density at radius 2 is 1.76 bits per heavy atom. The Morgan fingerprint density at radius 3 is 2.45 bits per heavy atom. The Kier molecular flexibility index (Phi) is 9.47. The van der Waals surface area contributed by atoms with Crippen LogP contribution in [0.25, 0.3) is 17.0 Å². The van der Waals surface area contributed by atoms with Gasteiger partial charge in [0.15, 0.2) is 5.78 Å². The molecule has 2 aromatic carbocycles. The Morgan fingerprint density at radius 1 is 1.03 bits per heavy atom. The summed E-state index contributed by atoms with van der Waals surface area (Å²) in [6.07, 6.45) is 4.25. The molecular formula is C30H36N2O6. The Bertz CT molecular complexity index is 1320. The molecule has 1 amide bonds. The summed E-state index contributed by atoms with van der Waals surface area (Å²) in [5.74, 6) is 0.0608. The molecule has 0 radical (unpaired) electrons. The standard InChI is InChI=1S/C30H36N2O6/c1-21(2)31(20-27(33)22-10-9-11-24(18-22)37-17-16-36-6)28(34)15-14-23-19-32(29(35)38-30(3,4)5)26-13-8-7-12-25(23)26/h7-15,18-19,21H,16-17,20H2,1-6H3/b15-14+. The van der Waals surface area contributed by atoms with Crippen LogP contribution in [-0.4, -0.2) is 65.8 Å². The van der Waals surface area contributed by atoms with E-state index >= 15 is 0 Å². The van der Waals surface area contributed by atoms with E-state index in [1.165, 1.54) is 15.5 Å². The second-order valence-corrected chi connectivity index (χ2v) is 10.1. The van der Waals surface area contributed by atoms with Crippen molar-refractivity contribution in [3.05, 3.63) is 71.9 Å². The number of hydrogen-bond donors (Lipinski definition) is 0. The molecule has 0 N–H and O–H groups in total. The van der Waals surface area contributed by atoms with Crippen molar-refractivity contribution >= 4 is 34.8 Å². The van der Waals surface area contributed by atoms with Crippen molar-refractivity contribution in [1.29, 1.82) is 0 Å². The van der Waals surface area contributed by atoms with Crippen LogP contribution in [0.5, 0.6) is 5.75 Å². The quantitative estimate of drug-likeness (QED) is 0.197. The van der Waals surface area contributed by atoms with Crippen molar-refractivity contribution in [2.75, 3.05) is 26.9 Å². The number of benzene rings is 2. The number of hydrogen-bond acceptors (Lipinski definition) is 6. The third-order valence-electron chi connectivity index (χ3n) is 5.67. The van der Waals surface area contributed by atoms with Gasteiger partial charge < -0.3 is 19.1 Å². The van der Waals surface area contributed by atoms with E-state index in [-0.39, 0.29) is 24.3 Å². The lowest BCUT2D eigenvalue weighted by Crippen LogP contribution is -2.39. The lowest BCUT2D eigenvalue weighted by molar-refractivity contribution is -0.127. The summed E-state index contributed by atoms with van der Waals surface area (Å²) in [6.45, 7) is 9.88. The third kappa shape index (κ3) is 7.55. The molecule has 1 heterocycles. The first-order valence-electron chi connectivity index (χ1n) is 12.6. The van der Waals surface area contributed by atoms with Crippen LogP contribution < -0.4 is 4.74 Å². The zero-order valence-corrected chi connectivity index (χ0v) is 22.9. The monoisotopic (exact) mass is 520 g/mol. The smallest absolute Gasteiger partial charge is 0.419 e. The summed E-state index contributed by atoms with van der Waals surface area (Å²) in [6, 6.07) is 14.1. The number of methoxy groups -OCH3 is 1. The van der Waals surface area contributed by atoms with Gasteiger partial charge >= 0.3 is 6.09 Å². The van der Waals surface area contributed by atoms with Crippen LogP contribution in [0.2, 0.25) is 0 Å². The number of para-hydroxylation sites is 1. The van der Waals surface area contributed by atoms with Gasteiger partial charge in [-0.15, -0.1) is 0 Å². The summed E-state index contributed by atoms with van der Waals surface area (Å²) in [5, 5.41) is 0.805. The average Bonchev–Trinajstić information content (AvgIpc) is 3.24. The fourth-order valence-corrected chi connectivity index (χ4v) is 3.82. The first-order valence-corrected chi connectivity index (χ1v) is 12.6. The van der Waals surface area contributed by atoms with Gasteiger partial charge in [-0.25, -0.2) is 4.79 Å². The molecule has 0 fully saturated rings. The van der Waals surface area contributed by atoms with Crippen LogP contribution in [0, 0.1) is 0 Å². The van der Waals surface area contributed by atoms with Crippen molar-refractivity contribution in [2.24, 2.45) is 0 Å². The largest absolute Gasteiger partial charge is 0.491 e. The number of Topliss-reactive ketones (excluding diaryl/α,β-unsaturated/α-hetero) is 1. The molecule has 0 saturated carbocycles. The number of ether oxygens (including phenoxy) is 3. The molecule has 0 unspecified atom stereocenters. The van der Waals surface area contributed by atoms with Gasteiger partial charge in [-0.3, -0.25) is 14.2 Å². The lowest BCUT2D eigenvalue weighted by atomic mass is 10.1. The normalized spacial score (nSPS) is 11.8. The Balaban J connectivity index is 1.79. The van der Waals surface area contributed by atoms with Gasteiger partial charge in [0.2, 0.25) is 5.91 Å². The highest BCUT2D eigenvalue weighted by Gasteiger charge is 2.22. The van der Waals surface area contributed by atoms with E-state index in [1.54, 1.807) is 43.6 Å². The molecule has 3 aromatic rings. The zero-order valence-electron chi connectivity index (χ0n) is 22.9. The van der Waals surface area contributed by atoms with Crippen molar-refractivity contribution in [3.8, 4) is 5.75 Å². The van der Waals surface area contributed by atoms with Crippen molar-refractivity contribution in [3.63, 3.8) is 0 Å². The number of carbonyl (C=O) groups excluding carboxylic acids is 3. The number of fused-ring (bicyclic) bond motifs is 1. The molecule has 202 valence electrons. The minimum Gasteiger partial charge on any atom is -0.491 e. The Labute approximate surface area is 223 Å². The van der Waals surface area contributed by atoms with Crippen LogP contribution in [0.3, 0.4) is 0 Å². The van der Waals surface area contributed by atoms with Gasteiger partial charge in [-0.1, -0.05) is 30.3 Å². The van der Waals surface area contributed by atoms with Crippen LogP contribution in [0.4, 0.5) is 4.79 Å². The van der Waals surface area contributed by atoms with E-state index in [9.17, 15) is 14.4 Å². The topological polar surface area (TPSA) is 87.1 Å². The van der Waals surface area contributed by atoms with Gasteiger partial charge in [0.25, 0.3) is 0 Å². The van der Waals surface area contributed by atoms with E-state index < -0.39 is 11.7 Å². The minimum absolute atomic E-state index is 0.0813. The molecule has 0 aliphatic rings. The molecule has 8 heteroatoms. The minimum atomic E-state index is -0.645. The molecule has 38 heavy (non-hydrogen) atoms. The summed E-state index contributed by atoms with van der Waals surface area (Å²) in [7, 11) is 1.59. The van der Waals surface area contributed by atoms with Gasteiger partial charge in [0.05, 0.1) is 18.7 Å². The summed E-state index contributed by atoms with van der Waals surface area (Å²) in [5.41, 5.74) is 1.18. The number of rotatable bonds is 10. The summed E-state index contributed by atoms with van der Waals surface area (Å²) in [4.78, 5) is 40.5. The molecule has 0 aliphatic carbocycles. The molecule has 0 atom stereocenters. The fourth-order valence-electron chi connectivity index (χ4n) is 3.82. The van der Waals surface area contributed by atoms with Gasteiger partial charge in [0.1, 0.15) is 18.0 Å². The zero-order chi connectivity index (χ0) is 27.9. The average molecular weight is 521 g/mol. The molecule has 8 nitrogen and oxygen atoms in total. The summed E-state index contributed by atoms with van der Waals surface area (Å²) < 4.78 is 17.6. The highest BCUT2D eigenvalue weighted by molar-refractivity contribution is 6.03. The highest BCUT2D eigenvalue weighted by Crippen LogP contribution is 2.24.